The number of ether oxygens (including phenoxy) is 1. The number of unbranched alkanes of at least 4 members (excludes halogenated alkanes) is 1. The average Bonchev–Trinajstić information content (AvgIpc) is 2.56. The van der Waals surface area contributed by atoms with Crippen molar-refractivity contribution in [3.8, 4) is 11.8 Å². The van der Waals surface area contributed by atoms with Crippen LogP contribution in [0.5, 0.6) is 5.75 Å². The molecule has 118 valence electrons. The Morgan fingerprint density at radius 1 is 1.36 bits per heavy atom. The van der Waals surface area contributed by atoms with Crippen LogP contribution in [0.2, 0.25) is 0 Å². The number of nitrogens with zero attached hydrogens (tertiary/aromatic N) is 2. The first kappa shape index (κ1) is 16.2. The highest BCUT2D eigenvalue weighted by Gasteiger charge is 2.23. The third-order valence-corrected chi connectivity index (χ3v) is 3.82. The lowest BCUT2D eigenvalue weighted by molar-refractivity contribution is 0.111. The molecule has 5 nitrogen and oxygen atoms in total. The number of piperidine rings is 1. The van der Waals surface area contributed by atoms with Crippen molar-refractivity contribution < 1.29 is 9.53 Å². The molecule has 0 aromatic heterocycles. The highest BCUT2D eigenvalue weighted by Crippen LogP contribution is 2.19. The van der Waals surface area contributed by atoms with Gasteiger partial charge >= 0.3 is 6.03 Å². The Morgan fingerprint density at radius 2 is 2.05 bits per heavy atom. The highest BCUT2D eigenvalue weighted by atomic mass is 16.5. The monoisotopic (exact) mass is 301 g/mol. The summed E-state index contributed by atoms with van der Waals surface area (Å²) >= 11 is 0. The Labute approximate surface area is 131 Å². The van der Waals surface area contributed by atoms with Crippen LogP contribution in [-0.4, -0.2) is 36.7 Å². The second-order valence-electron chi connectivity index (χ2n) is 5.53. The molecule has 0 aliphatic carbocycles. The van der Waals surface area contributed by atoms with Crippen LogP contribution < -0.4 is 10.1 Å². The Morgan fingerprint density at radius 3 is 2.64 bits per heavy atom. The van der Waals surface area contributed by atoms with E-state index in [0.29, 0.717) is 5.56 Å². The van der Waals surface area contributed by atoms with Gasteiger partial charge in [-0.3, -0.25) is 0 Å². The number of likely N-dealkylation sites (tertiary alicyclic amines) is 1. The third kappa shape index (κ3) is 4.66. The molecule has 1 fully saturated rings. The van der Waals surface area contributed by atoms with Crippen molar-refractivity contribution in [3.05, 3.63) is 29.8 Å². The van der Waals surface area contributed by atoms with E-state index < -0.39 is 0 Å². The van der Waals surface area contributed by atoms with Crippen molar-refractivity contribution in [2.45, 2.75) is 38.7 Å². The van der Waals surface area contributed by atoms with Crippen LogP contribution in [0.25, 0.3) is 0 Å². The maximum absolute atomic E-state index is 12.0. The molecule has 0 bridgehead atoms. The fraction of sp³-hybridized carbons (Fsp3) is 0.529. The fourth-order valence-electron chi connectivity index (χ4n) is 2.46. The molecule has 0 radical (unpaired) electrons. The molecule has 1 aromatic carbocycles. The Balaban J connectivity index is 1.74. The summed E-state index contributed by atoms with van der Waals surface area (Å²) < 4.78 is 5.91. The van der Waals surface area contributed by atoms with E-state index in [1.54, 1.807) is 12.1 Å². The molecule has 1 N–H and O–H groups in total. The molecular formula is C17H23N3O2. The molecular weight excluding hydrogens is 278 g/mol. The summed E-state index contributed by atoms with van der Waals surface area (Å²) in [6.45, 7) is 4.30. The van der Waals surface area contributed by atoms with Crippen molar-refractivity contribution in [1.82, 2.24) is 10.2 Å². The van der Waals surface area contributed by atoms with Gasteiger partial charge in [0.05, 0.1) is 11.6 Å². The number of hydrogen-bond donors (Lipinski definition) is 1. The summed E-state index contributed by atoms with van der Waals surface area (Å²) in [4.78, 5) is 13.8. The number of carbonyl (C=O) groups is 1. The number of nitrogens with one attached hydrogen (secondary N) is 1. The van der Waals surface area contributed by atoms with Crippen LogP contribution in [0.3, 0.4) is 0 Å². The van der Waals surface area contributed by atoms with E-state index in [0.717, 1.165) is 51.1 Å². The van der Waals surface area contributed by atoms with E-state index in [9.17, 15) is 4.79 Å². The summed E-state index contributed by atoms with van der Waals surface area (Å²) in [6, 6.07) is 9.28. The minimum atomic E-state index is 0.0327. The number of rotatable bonds is 5. The van der Waals surface area contributed by atoms with Gasteiger partial charge in [0.25, 0.3) is 0 Å². The molecule has 1 aliphatic heterocycles. The first-order chi connectivity index (χ1) is 10.7. The molecule has 2 rings (SSSR count). The van der Waals surface area contributed by atoms with E-state index >= 15 is 0 Å². The number of hydrogen-bond acceptors (Lipinski definition) is 3. The summed E-state index contributed by atoms with van der Waals surface area (Å²) in [7, 11) is 0. The van der Waals surface area contributed by atoms with Crippen molar-refractivity contribution >= 4 is 6.03 Å². The van der Waals surface area contributed by atoms with Gasteiger partial charge < -0.3 is 15.0 Å². The fourth-order valence-corrected chi connectivity index (χ4v) is 2.46. The molecule has 0 unspecified atom stereocenters. The van der Waals surface area contributed by atoms with Gasteiger partial charge in [0.2, 0.25) is 0 Å². The quantitative estimate of drug-likeness (QED) is 0.850. The molecule has 1 aliphatic rings. The van der Waals surface area contributed by atoms with Gasteiger partial charge in [0, 0.05) is 32.5 Å². The van der Waals surface area contributed by atoms with E-state index in [2.05, 4.69) is 18.3 Å². The van der Waals surface area contributed by atoms with Crippen molar-refractivity contribution in [2.24, 2.45) is 0 Å². The topological polar surface area (TPSA) is 65.4 Å². The number of benzene rings is 1. The number of carbonyl (C=O) groups excluding carboxylic acids is 1. The summed E-state index contributed by atoms with van der Waals surface area (Å²) in [5.74, 6) is 0.782. The van der Waals surface area contributed by atoms with Gasteiger partial charge in [-0.15, -0.1) is 0 Å². The zero-order valence-corrected chi connectivity index (χ0v) is 13.0. The van der Waals surface area contributed by atoms with E-state index in [-0.39, 0.29) is 12.1 Å². The number of urea groups is 1. The van der Waals surface area contributed by atoms with Crippen LogP contribution in [0, 0.1) is 11.3 Å². The van der Waals surface area contributed by atoms with Crippen molar-refractivity contribution in [2.75, 3.05) is 19.6 Å². The predicted octanol–water partition coefficient (Wildman–Crippen LogP) is 2.91. The molecule has 1 heterocycles. The van der Waals surface area contributed by atoms with Crippen LogP contribution >= 0.6 is 0 Å². The molecule has 22 heavy (non-hydrogen) atoms. The zero-order chi connectivity index (χ0) is 15.8. The third-order valence-electron chi connectivity index (χ3n) is 3.82. The SMILES string of the molecule is CCCCNC(=O)N1CCC(Oc2ccc(C#N)cc2)CC1. The van der Waals surface area contributed by atoms with Crippen LogP contribution in [-0.2, 0) is 0 Å². The maximum atomic E-state index is 12.0. The van der Waals surface area contributed by atoms with Crippen LogP contribution in [0.15, 0.2) is 24.3 Å². The minimum Gasteiger partial charge on any atom is -0.490 e. The molecule has 0 saturated carbocycles. The summed E-state index contributed by atoms with van der Waals surface area (Å²) in [6.07, 6.45) is 3.90. The molecule has 1 saturated heterocycles. The number of amides is 2. The second kappa shape index (κ2) is 8.28. The van der Waals surface area contributed by atoms with Crippen LogP contribution in [0.4, 0.5) is 4.79 Å². The Bertz CT molecular complexity index is 514. The van der Waals surface area contributed by atoms with Crippen LogP contribution in [0.1, 0.15) is 38.2 Å². The van der Waals surface area contributed by atoms with Gasteiger partial charge in [-0.25, -0.2) is 4.79 Å². The summed E-state index contributed by atoms with van der Waals surface area (Å²) in [5, 5.41) is 11.7. The molecule has 2 amide bonds. The maximum Gasteiger partial charge on any atom is 0.317 e. The Kier molecular flexibility index (Phi) is 6.08. The first-order valence-corrected chi connectivity index (χ1v) is 7.92. The highest BCUT2D eigenvalue weighted by molar-refractivity contribution is 5.74. The molecule has 0 atom stereocenters. The molecule has 0 spiro atoms. The lowest BCUT2D eigenvalue weighted by Gasteiger charge is -2.32. The lowest BCUT2D eigenvalue weighted by Crippen LogP contribution is -2.46. The van der Waals surface area contributed by atoms with Crippen molar-refractivity contribution in [3.63, 3.8) is 0 Å². The average molecular weight is 301 g/mol. The molecule has 1 aromatic rings. The smallest absolute Gasteiger partial charge is 0.317 e. The van der Waals surface area contributed by atoms with E-state index in [1.807, 2.05) is 17.0 Å². The van der Waals surface area contributed by atoms with E-state index in [1.165, 1.54) is 0 Å². The second-order valence-corrected chi connectivity index (χ2v) is 5.53. The zero-order valence-electron chi connectivity index (χ0n) is 13.0. The predicted molar refractivity (Wildman–Crippen MR) is 84.7 cm³/mol. The van der Waals surface area contributed by atoms with Gasteiger partial charge in [-0.05, 0) is 30.7 Å². The number of nitriles is 1. The van der Waals surface area contributed by atoms with Gasteiger partial charge in [0.1, 0.15) is 11.9 Å². The summed E-state index contributed by atoms with van der Waals surface area (Å²) in [5.41, 5.74) is 0.630. The Hall–Kier alpha value is -2.22. The standard InChI is InChI=1S/C17H23N3O2/c1-2-3-10-19-17(21)20-11-8-16(9-12-20)22-15-6-4-14(13-18)5-7-15/h4-7,16H,2-3,8-12H2,1H3,(H,19,21). The lowest BCUT2D eigenvalue weighted by atomic mass is 10.1. The van der Waals surface area contributed by atoms with Gasteiger partial charge in [-0.1, -0.05) is 13.3 Å². The van der Waals surface area contributed by atoms with Gasteiger partial charge in [0.15, 0.2) is 0 Å². The van der Waals surface area contributed by atoms with Gasteiger partial charge in [-0.2, -0.15) is 5.26 Å². The van der Waals surface area contributed by atoms with Crippen molar-refractivity contribution in [1.29, 1.82) is 5.26 Å². The minimum absolute atomic E-state index is 0.0327. The molecule has 5 heteroatoms. The first-order valence-electron chi connectivity index (χ1n) is 7.92. The largest absolute Gasteiger partial charge is 0.490 e. The normalized spacial score (nSPS) is 15.2. The van der Waals surface area contributed by atoms with E-state index in [4.69, 9.17) is 10.00 Å².